The van der Waals surface area contributed by atoms with Crippen LogP contribution in [0, 0.1) is 5.41 Å². The average Bonchev–Trinajstić information content (AvgIpc) is 2.77. The Bertz CT molecular complexity index is 380. The van der Waals surface area contributed by atoms with E-state index in [0.717, 1.165) is 0 Å². The topological polar surface area (TPSA) is 77.6 Å². The third kappa shape index (κ3) is 3.28. The molecule has 1 aliphatic rings. The van der Waals surface area contributed by atoms with Crippen LogP contribution in [-0.4, -0.2) is 41.2 Å². The van der Waals surface area contributed by atoms with Gasteiger partial charge in [0.15, 0.2) is 0 Å². The van der Waals surface area contributed by atoms with Gasteiger partial charge in [0.2, 0.25) is 11.7 Å². The molecule has 6 heteroatoms. The Morgan fingerprint density at radius 2 is 2.17 bits per heavy atom. The summed E-state index contributed by atoms with van der Waals surface area (Å²) in [5.74, 6) is 0.924. The van der Waals surface area contributed by atoms with Crippen LogP contribution in [0.4, 0.5) is 0 Å². The molecular weight excluding hydrogens is 236 g/mol. The second kappa shape index (κ2) is 5.34. The smallest absolute Gasteiger partial charge is 0.229 e. The first-order valence-electron chi connectivity index (χ1n) is 6.16. The molecule has 0 aliphatic carbocycles. The zero-order valence-corrected chi connectivity index (χ0v) is 11.0. The molecule has 0 amide bonds. The molecule has 0 spiro atoms. The van der Waals surface area contributed by atoms with Gasteiger partial charge in [-0.15, -0.1) is 0 Å². The molecule has 0 radical (unpaired) electrons. The van der Waals surface area contributed by atoms with Gasteiger partial charge in [-0.3, -0.25) is 0 Å². The average molecular weight is 256 g/mol. The molecule has 0 aromatic carbocycles. The van der Waals surface area contributed by atoms with Crippen molar-refractivity contribution in [1.82, 2.24) is 10.1 Å². The van der Waals surface area contributed by atoms with Gasteiger partial charge >= 0.3 is 0 Å². The first kappa shape index (κ1) is 13.5. The summed E-state index contributed by atoms with van der Waals surface area (Å²) < 4.78 is 15.9. The van der Waals surface area contributed by atoms with Gasteiger partial charge in [0.05, 0.1) is 32.3 Å². The number of rotatable bonds is 3. The van der Waals surface area contributed by atoms with E-state index in [0.29, 0.717) is 38.0 Å². The number of ether oxygens (including phenoxy) is 2. The maximum Gasteiger partial charge on any atom is 0.229 e. The summed E-state index contributed by atoms with van der Waals surface area (Å²) in [7, 11) is 0. The second-order valence-corrected chi connectivity index (χ2v) is 5.57. The molecule has 2 rings (SSSR count). The van der Waals surface area contributed by atoms with Crippen molar-refractivity contribution in [2.24, 2.45) is 5.41 Å². The van der Waals surface area contributed by atoms with Gasteiger partial charge < -0.3 is 19.1 Å². The molecule has 1 aliphatic heterocycles. The van der Waals surface area contributed by atoms with Gasteiger partial charge in [-0.05, 0) is 5.41 Å². The van der Waals surface area contributed by atoms with Crippen LogP contribution in [0.3, 0.4) is 0 Å². The molecule has 1 saturated heterocycles. The fraction of sp³-hybridized carbons (Fsp3) is 0.833. The largest absolute Gasteiger partial charge is 0.392 e. The van der Waals surface area contributed by atoms with Crippen LogP contribution in [0.25, 0.3) is 0 Å². The Kier molecular flexibility index (Phi) is 3.99. The van der Waals surface area contributed by atoms with Gasteiger partial charge in [0.1, 0.15) is 6.10 Å². The molecule has 2 unspecified atom stereocenters. The third-order valence-corrected chi connectivity index (χ3v) is 2.96. The highest BCUT2D eigenvalue weighted by molar-refractivity contribution is 4.94. The van der Waals surface area contributed by atoms with E-state index in [-0.39, 0.29) is 11.5 Å². The summed E-state index contributed by atoms with van der Waals surface area (Å²) in [6, 6.07) is 0. The third-order valence-electron chi connectivity index (χ3n) is 2.96. The van der Waals surface area contributed by atoms with Crippen LogP contribution >= 0.6 is 0 Å². The van der Waals surface area contributed by atoms with Crippen LogP contribution in [0.5, 0.6) is 0 Å². The second-order valence-electron chi connectivity index (χ2n) is 5.57. The quantitative estimate of drug-likeness (QED) is 0.872. The molecule has 18 heavy (non-hydrogen) atoms. The van der Waals surface area contributed by atoms with E-state index in [1.54, 1.807) is 0 Å². The maximum absolute atomic E-state index is 9.98. The van der Waals surface area contributed by atoms with Gasteiger partial charge in [-0.2, -0.15) is 4.98 Å². The van der Waals surface area contributed by atoms with E-state index in [9.17, 15) is 5.11 Å². The predicted octanol–water partition coefficient (Wildman–Crippen LogP) is 1.11. The number of aliphatic hydroxyl groups is 1. The lowest BCUT2D eigenvalue weighted by atomic mass is 9.87. The molecule has 0 bridgehead atoms. The molecule has 0 saturated carbocycles. The maximum atomic E-state index is 9.98. The van der Waals surface area contributed by atoms with Gasteiger partial charge in [-0.1, -0.05) is 25.9 Å². The van der Waals surface area contributed by atoms with Crippen molar-refractivity contribution in [2.45, 2.75) is 39.4 Å². The Morgan fingerprint density at radius 3 is 2.78 bits per heavy atom. The van der Waals surface area contributed by atoms with E-state index >= 15 is 0 Å². The Labute approximate surface area is 106 Å². The Balaban J connectivity index is 1.97. The van der Waals surface area contributed by atoms with Crippen molar-refractivity contribution in [1.29, 1.82) is 0 Å². The lowest BCUT2D eigenvalue weighted by Crippen LogP contribution is -2.28. The Morgan fingerprint density at radius 1 is 1.39 bits per heavy atom. The molecule has 102 valence electrons. The highest BCUT2D eigenvalue weighted by Gasteiger charge is 2.27. The summed E-state index contributed by atoms with van der Waals surface area (Å²) in [4.78, 5) is 4.24. The molecular formula is C12H20N2O4. The minimum Gasteiger partial charge on any atom is -0.392 e. The van der Waals surface area contributed by atoms with Crippen LogP contribution < -0.4 is 0 Å². The van der Waals surface area contributed by atoms with Crippen molar-refractivity contribution in [3.8, 4) is 0 Å². The number of aromatic nitrogens is 2. The number of hydrogen-bond acceptors (Lipinski definition) is 6. The van der Waals surface area contributed by atoms with Crippen molar-refractivity contribution < 1.29 is 19.1 Å². The van der Waals surface area contributed by atoms with E-state index < -0.39 is 6.10 Å². The van der Waals surface area contributed by atoms with Crippen LogP contribution in [0.15, 0.2) is 4.52 Å². The fourth-order valence-electron chi connectivity index (χ4n) is 1.59. The summed E-state index contributed by atoms with van der Waals surface area (Å²) in [6.45, 7) is 7.48. The molecule has 1 aromatic rings. The molecule has 1 N–H and O–H groups in total. The van der Waals surface area contributed by atoms with Crippen molar-refractivity contribution in [3.05, 3.63) is 11.7 Å². The monoisotopic (exact) mass is 256 g/mol. The van der Waals surface area contributed by atoms with E-state index in [2.05, 4.69) is 10.1 Å². The molecule has 1 fully saturated rings. The molecule has 6 nitrogen and oxygen atoms in total. The highest BCUT2D eigenvalue weighted by Crippen LogP contribution is 2.23. The summed E-state index contributed by atoms with van der Waals surface area (Å²) in [5.41, 5.74) is -0.209. The zero-order valence-electron chi connectivity index (χ0n) is 11.0. The van der Waals surface area contributed by atoms with Crippen LogP contribution in [0.1, 0.15) is 38.6 Å². The lowest BCUT2D eigenvalue weighted by Gasteiger charge is -2.24. The number of hydrogen-bond donors (Lipinski definition) is 1. The Hall–Kier alpha value is -0.980. The first-order valence-corrected chi connectivity index (χ1v) is 6.16. The minimum absolute atomic E-state index is 0.209. The minimum atomic E-state index is -0.519. The van der Waals surface area contributed by atoms with Gasteiger partial charge in [0.25, 0.3) is 0 Å². The SMILES string of the molecule is CC(C)(C)C(O)Cc1nc(C2COCCO2)no1. The molecule has 2 heterocycles. The van der Waals surface area contributed by atoms with E-state index in [1.807, 2.05) is 20.8 Å². The normalized spacial score (nSPS) is 23.0. The van der Waals surface area contributed by atoms with Crippen molar-refractivity contribution >= 4 is 0 Å². The van der Waals surface area contributed by atoms with Gasteiger partial charge in [-0.25, -0.2) is 0 Å². The van der Waals surface area contributed by atoms with E-state index in [4.69, 9.17) is 14.0 Å². The standard InChI is InChI=1S/C12H20N2O4/c1-12(2,3)9(15)6-10-13-11(14-18-10)8-7-16-4-5-17-8/h8-9,15H,4-7H2,1-3H3. The van der Waals surface area contributed by atoms with E-state index in [1.165, 1.54) is 0 Å². The number of nitrogens with zero attached hydrogens (tertiary/aromatic N) is 2. The summed E-state index contributed by atoms with van der Waals surface area (Å²) in [6.07, 6.45) is -0.429. The summed E-state index contributed by atoms with van der Waals surface area (Å²) >= 11 is 0. The molecule has 2 atom stereocenters. The van der Waals surface area contributed by atoms with Crippen molar-refractivity contribution in [3.63, 3.8) is 0 Å². The lowest BCUT2D eigenvalue weighted by molar-refractivity contribution is -0.0941. The highest BCUT2D eigenvalue weighted by atomic mass is 16.6. The first-order chi connectivity index (χ1) is 8.47. The summed E-state index contributed by atoms with van der Waals surface area (Å²) in [5, 5.41) is 13.8. The van der Waals surface area contributed by atoms with Crippen LogP contribution in [0.2, 0.25) is 0 Å². The molecule has 1 aromatic heterocycles. The van der Waals surface area contributed by atoms with Crippen LogP contribution in [-0.2, 0) is 15.9 Å². The van der Waals surface area contributed by atoms with Gasteiger partial charge in [0, 0.05) is 0 Å². The van der Waals surface area contributed by atoms with Crippen molar-refractivity contribution in [2.75, 3.05) is 19.8 Å². The zero-order chi connectivity index (χ0) is 13.2. The fourth-order valence-corrected chi connectivity index (χ4v) is 1.59. The number of aliphatic hydroxyl groups excluding tert-OH is 1. The predicted molar refractivity (Wildman–Crippen MR) is 63.0 cm³/mol.